The van der Waals surface area contributed by atoms with E-state index in [0.29, 0.717) is 9.54 Å². The number of aromatic amines is 1. The monoisotopic (exact) mass is 418 g/mol. The minimum Gasteiger partial charge on any atom is -0.322 e. The molecule has 2 aliphatic rings. The number of rotatable bonds is 3. The molecule has 3 heterocycles. The Morgan fingerprint density at radius 2 is 1.79 bits per heavy atom. The third-order valence-corrected chi connectivity index (χ3v) is 6.50. The van der Waals surface area contributed by atoms with Gasteiger partial charge in [-0.2, -0.15) is 3.97 Å². The fraction of sp³-hybridized carbons (Fsp3) is 0.235. The molecule has 29 heavy (non-hydrogen) atoms. The minimum absolute atomic E-state index is 0.0910. The van der Waals surface area contributed by atoms with Gasteiger partial charge in [0.2, 0.25) is 11.8 Å². The molecule has 12 heteroatoms. The first-order chi connectivity index (χ1) is 13.7. The number of nitrogens with one attached hydrogen (secondary N) is 2. The van der Waals surface area contributed by atoms with Crippen molar-refractivity contribution in [1.82, 2.24) is 19.2 Å². The van der Waals surface area contributed by atoms with Gasteiger partial charge in [0.05, 0.1) is 4.90 Å². The van der Waals surface area contributed by atoms with Crippen LogP contribution in [0.25, 0.3) is 0 Å². The van der Waals surface area contributed by atoms with Crippen molar-refractivity contribution in [2.45, 2.75) is 30.3 Å². The highest BCUT2D eigenvalue weighted by molar-refractivity contribution is 7.90. The molecule has 1 aromatic carbocycles. The van der Waals surface area contributed by atoms with E-state index in [2.05, 4.69) is 5.32 Å². The SMILES string of the molecule is O=C1CCC(N2Cc3ccc(S(=O)(=O)n4ccc(=O)[nH]c4=O)cc3C2=O)C(=O)N1. The normalized spacial score (nSPS) is 19.2. The number of aromatic nitrogens is 2. The maximum Gasteiger partial charge on any atom is 0.342 e. The number of carbonyl (C=O) groups excluding carboxylic acids is 3. The van der Waals surface area contributed by atoms with Gasteiger partial charge in [-0.1, -0.05) is 6.07 Å². The molecule has 4 rings (SSSR count). The van der Waals surface area contributed by atoms with Crippen LogP contribution in [0.2, 0.25) is 0 Å². The van der Waals surface area contributed by atoms with Gasteiger partial charge in [0.25, 0.3) is 21.5 Å². The molecule has 1 saturated heterocycles. The maximum absolute atomic E-state index is 12.8. The predicted octanol–water partition coefficient (Wildman–Crippen LogP) is -1.47. The van der Waals surface area contributed by atoms with E-state index in [1.807, 2.05) is 4.98 Å². The van der Waals surface area contributed by atoms with Gasteiger partial charge in [0.1, 0.15) is 6.04 Å². The van der Waals surface area contributed by atoms with Gasteiger partial charge >= 0.3 is 5.69 Å². The van der Waals surface area contributed by atoms with E-state index >= 15 is 0 Å². The fourth-order valence-corrected chi connectivity index (χ4v) is 4.62. The number of H-pyrrole nitrogens is 1. The Labute approximate surface area is 163 Å². The standard InChI is InChI=1S/C17H14N4O7S/c22-13-4-3-12(15(24)18-13)20-8-9-1-2-10(7-11(9)16(20)25)29(27,28)21-6-5-14(23)19-17(21)26/h1-2,5-7,12H,3-4,8H2,(H,18,22,24)(H,19,23,26). The first-order valence-corrected chi connectivity index (χ1v) is 9.97. The van der Waals surface area contributed by atoms with Crippen molar-refractivity contribution in [3.05, 3.63) is 62.4 Å². The van der Waals surface area contributed by atoms with E-state index in [9.17, 15) is 32.4 Å². The second-order valence-corrected chi connectivity index (χ2v) is 8.44. The Balaban J connectivity index is 1.70. The topological polar surface area (TPSA) is 155 Å². The average Bonchev–Trinajstić information content (AvgIpc) is 2.97. The van der Waals surface area contributed by atoms with Crippen molar-refractivity contribution in [2.75, 3.05) is 0 Å². The largest absolute Gasteiger partial charge is 0.342 e. The van der Waals surface area contributed by atoms with Crippen molar-refractivity contribution >= 4 is 27.7 Å². The van der Waals surface area contributed by atoms with Gasteiger partial charge in [-0.3, -0.25) is 29.5 Å². The summed E-state index contributed by atoms with van der Waals surface area (Å²) in [6.07, 6.45) is 1.12. The molecule has 1 aromatic heterocycles. The number of fused-ring (bicyclic) bond motifs is 1. The van der Waals surface area contributed by atoms with Crippen molar-refractivity contribution < 1.29 is 22.8 Å². The lowest BCUT2D eigenvalue weighted by molar-refractivity contribution is -0.136. The molecule has 0 saturated carbocycles. The van der Waals surface area contributed by atoms with Gasteiger partial charge in [-0.05, 0) is 24.1 Å². The molecule has 2 N–H and O–H groups in total. The Hall–Kier alpha value is -3.54. The zero-order valence-corrected chi connectivity index (χ0v) is 15.6. The minimum atomic E-state index is -4.35. The number of benzene rings is 1. The Kier molecular flexibility index (Phi) is 4.22. The summed E-state index contributed by atoms with van der Waals surface area (Å²) < 4.78 is 25.9. The number of imide groups is 1. The summed E-state index contributed by atoms with van der Waals surface area (Å²) in [5.74, 6) is -1.52. The molecule has 1 unspecified atom stereocenters. The van der Waals surface area contributed by atoms with E-state index in [0.717, 1.165) is 18.3 Å². The highest BCUT2D eigenvalue weighted by atomic mass is 32.2. The van der Waals surface area contributed by atoms with Crippen LogP contribution >= 0.6 is 0 Å². The number of hydrogen-bond donors (Lipinski definition) is 2. The van der Waals surface area contributed by atoms with Crippen molar-refractivity contribution in [1.29, 1.82) is 0 Å². The van der Waals surface area contributed by atoms with Crippen molar-refractivity contribution in [3.63, 3.8) is 0 Å². The van der Waals surface area contributed by atoms with Crippen LogP contribution in [0.1, 0.15) is 28.8 Å². The van der Waals surface area contributed by atoms with Crippen LogP contribution < -0.4 is 16.6 Å². The molecule has 1 atom stereocenters. The van der Waals surface area contributed by atoms with Crippen LogP contribution in [0.15, 0.2) is 44.9 Å². The zero-order chi connectivity index (χ0) is 20.9. The summed E-state index contributed by atoms with van der Waals surface area (Å²) in [6.45, 7) is 0.0966. The molecule has 1 fully saturated rings. The average molecular weight is 418 g/mol. The van der Waals surface area contributed by atoms with Gasteiger partial charge in [0.15, 0.2) is 0 Å². The second kappa shape index (κ2) is 6.51. The highest BCUT2D eigenvalue weighted by Crippen LogP contribution is 2.29. The molecule has 0 bridgehead atoms. The predicted molar refractivity (Wildman–Crippen MR) is 96.4 cm³/mol. The van der Waals surface area contributed by atoms with Crippen LogP contribution in [0, 0.1) is 0 Å². The van der Waals surface area contributed by atoms with Crippen LogP contribution in [0.5, 0.6) is 0 Å². The Morgan fingerprint density at radius 1 is 1.03 bits per heavy atom. The van der Waals surface area contributed by atoms with E-state index in [-0.39, 0.29) is 29.8 Å². The van der Waals surface area contributed by atoms with Crippen LogP contribution in [-0.4, -0.2) is 46.0 Å². The first kappa shape index (κ1) is 18.8. The molecule has 0 spiro atoms. The van der Waals surface area contributed by atoms with E-state index in [1.165, 1.54) is 17.0 Å². The van der Waals surface area contributed by atoms with E-state index in [1.54, 1.807) is 0 Å². The summed E-state index contributed by atoms with van der Waals surface area (Å²) in [5, 5.41) is 2.19. The zero-order valence-electron chi connectivity index (χ0n) is 14.7. The molecule has 0 aliphatic carbocycles. The molecular weight excluding hydrogens is 404 g/mol. The van der Waals surface area contributed by atoms with Crippen molar-refractivity contribution in [2.24, 2.45) is 0 Å². The van der Waals surface area contributed by atoms with Crippen LogP contribution in [0.3, 0.4) is 0 Å². The van der Waals surface area contributed by atoms with Crippen LogP contribution in [-0.2, 0) is 26.2 Å². The molecular formula is C17H14N4O7S. The van der Waals surface area contributed by atoms with Crippen molar-refractivity contribution in [3.8, 4) is 0 Å². The number of carbonyl (C=O) groups is 3. The smallest absolute Gasteiger partial charge is 0.322 e. The quantitative estimate of drug-likeness (QED) is 0.577. The molecule has 2 aromatic rings. The van der Waals surface area contributed by atoms with Gasteiger partial charge in [-0.25, -0.2) is 13.2 Å². The number of nitrogens with zero attached hydrogens (tertiary/aromatic N) is 2. The lowest BCUT2D eigenvalue weighted by Gasteiger charge is -2.29. The highest BCUT2D eigenvalue weighted by Gasteiger charge is 2.39. The Morgan fingerprint density at radius 3 is 2.48 bits per heavy atom. The first-order valence-electron chi connectivity index (χ1n) is 8.53. The maximum atomic E-state index is 12.8. The second-order valence-electron chi connectivity index (χ2n) is 6.63. The van der Waals surface area contributed by atoms with E-state index in [4.69, 9.17) is 0 Å². The molecule has 0 radical (unpaired) electrons. The summed E-state index contributed by atoms with van der Waals surface area (Å²) in [6, 6.07) is 3.88. The molecule has 150 valence electrons. The van der Waals surface area contributed by atoms with Crippen LogP contribution in [0.4, 0.5) is 0 Å². The van der Waals surface area contributed by atoms with E-state index < -0.39 is 45.0 Å². The number of amides is 3. The number of piperidine rings is 1. The molecule has 11 nitrogen and oxygen atoms in total. The number of hydrogen-bond acceptors (Lipinski definition) is 7. The summed E-state index contributed by atoms with van der Waals surface area (Å²) >= 11 is 0. The summed E-state index contributed by atoms with van der Waals surface area (Å²) in [7, 11) is -4.35. The third-order valence-electron chi connectivity index (χ3n) is 4.85. The van der Waals surface area contributed by atoms with Gasteiger partial charge in [0, 0.05) is 30.8 Å². The lowest BCUT2D eigenvalue weighted by Crippen LogP contribution is -2.52. The summed E-state index contributed by atoms with van der Waals surface area (Å²) in [5.41, 5.74) is -1.26. The molecule has 2 aliphatic heterocycles. The van der Waals surface area contributed by atoms with Gasteiger partial charge in [-0.15, -0.1) is 0 Å². The Bertz CT molecular complexity index is 1290. The van der Waals surface area contributed by atoms with Gasteiger partial charge < -0.3 is 4.90 Å². The summed E-state index contributed by atoms with van der Waals surface area (Å²) in [4.78, 5) is 62.1. The third kappa shape index (κ3) is 3.06. The fourth-order valence-electron chi connectivity index (χ4n) is 3.40. The lowest BCUT2D eigenvalue weighted by atomic mass is 10.0. The molecule has 3 amide bonds.